The Hall–Kier alpha value is -2.76. The SMILES string of the molecule is C=CCNC(=O)c1cc(NCc2ccccc2F)ncn1. The smallest absolute Gasteiger partial charge is 0.270 e. The summed E-state index contributed by atoms with van der Waals surface area (Å²) in [7, 11) is 0. The molecule has 0 saturated carbocycles. The Balaban J connectivity index is 2.03. The van der Waals surface area contributed by atoms with E-state index in [0.717, 1.165) is 0 Å². The molecule has 0 spiro atoms. The number of hydrogen-bond acceptors (Lipinski definition) is 4. The minimum atomic E-state index is -0.314. The Bertz CT molecular complexity index is 645. The van der Waals surface area contributed by atoms with Crippen LogP contribution < -0.4 is 10.6 Å². The van der Waals surface area contributed by atoms with Gasteiger partial charge >= 0.3 is 0 Å². The van der Waals surface area contributed by atoms with Gasteiger partial charge in [-0.05, 0) is 6.07 Å². The highest BCUT2D eigenvalue weighted by molar-refractivity contribution is 5.92. The van der Waals surface area contributed by atoms with Crippen LogP contribution in [0.2, 0.25) is 0 Å². The molecule has 2 N–H and O–H groups in total. The molecule has 0 bridgehead atoms. The topological polar surface area (TPSA) is 66.9 Å². The van der Waals surface area contributed by atoms with Crippen LogP contribution in [-0.2, 0) is 6.54 Å². The molecular formula is C15H15FN4O. The number of hydrogen-bond donors (Lipinski definition) is 2. The maximum absolute atomic E-state index is 13.5. The molecule has 1 aromatic heterocycles. The molecule has 0 aliphatic heterocycles. The minimum Gasteiger partial charge on any atom is -0.366 e. The van der Waals surface area contributed by atoms with E-state index < -0.39 is 0 Å². The summed E-state index contributed by atoms with van der Waals surface area (Å²) in [5.41, 5.74) is 0.761. The zero-order valence-electron chi connectivity index (χ0n) is 11.3. The largest absolute Gasteiger partial charge is 0.366 e. The number of carbonyl (C=O) groups excluding carboxylic acids is 1. The molecule has 21 heavy (non-hydrogen) atoms. The number of nitrogens with zero attached hydrogens (tertiary/aromatic N) is 2. The number of nitrogens with one attached hydrogen (secondary N) is 2. The Morgan fingerprint density at radius 3 is 2.90 bits per heavy atom. The third-order valence-electron chi connectivity index (χ3n) is 2.72. The third-order valence-corrected chi connectivity index (χ3v) is 2.72. The first-order valence-electron chi connectivity index (χ1n) is 6.39. The predicted molar refractivity (Wildman–Crippen MR) is 78.3 cm³/mol. The van der Waals surface area contributed by atoms with Gasteiger partial charge in [-0.2, -0.15) is 0 Å². The van der Waals surface area contributed by atoms with Gasteiger partial charge in [0.1, 0.15) is 23.7 Å². The van der Waals surface area contributed by atoms with Crippen molar-refractivity contribution in [2.75, 3.05) is 11.9 Å². The van der Waals surface area contributed by atoms with Gasteiger partial charge in [-0.1, -0.05) is 24.3 Å². The van der Waals surface area contributed by atoms with E-state index in [9.17, 15) is 9.18 Å². The second-order valence-electron chi connectivity index (χ2n) is 4.23. The highest BCUT2D eigenvalue weighted by Gasteiger charge is 2.08. The molecule has 0 unspecified atom stereocenters. The Labute approximate surface area is 121 Å². The second kappa shape index (κ2) is 7.14. The van der Waals surface area contributed by atoms with Gasteiger partial charge in [0.2, 0.25) is 0 Å². The van der Waals surface area contributed by atoms with E-state index in [1.54, 1.807) is 24.3 Å². The molecule has 2 rings (SSSR count). The fourth-order valence-corrected chi connectivity index (χ4v) is 1.66. The Kier molecular flexibility index (Phi) is 4.98. The van der Waals surface area contributed by atoms with Gasteiger partial charge in [-0.15, -0.1) is 6.58 Å². The summed E-state index contributed by atoms with van der Waals surface area (Å²) in [4.78, 5) is 19.6. The molecule has 1 amide bonds. The highest BCUT2D eigenvalue weighted by atomic mass is 19.1. The van der Waals surface area contributed by atoms with E-state index in [1.165, 1.54) is 18.5 Å². The Morgan fingerprint density at radius 2 is 2.14 bits per heavy atom. The standard InChI is InChI=1S/C15H15FN4O/c1-2-7-17-15(21)13-8-14(20-10-19-13)18-9-11-5-3-4-6-12(11)16/h2-6,8,10H,1,7,9H2,(H,17,21)(H,18,19,20). The van der Waals surface area contributed by atoms with Crippen LogP contribution in [0.1, 0.15) is 16.1 Å². The van der Waals surface area contributed by atoms with Gasteiger partial charge in [0.15, 0.2) is 0 Å². The zero-order chi connectivity index (χ0) is 15.1. The first-order valence-corrected chi connectivity index (χ1v) is 6.39. The van der Waals surface area contributed by atoms with Gasteiger partial charge in [-0.3, -0.25) is 4.79 Å². The summed E-state index contributed by atoms with van der Waals surface area (Å²) >= 11 is 0. The van der Waals surface area contributed by atoms with Crippen molar-refractivity contribution in [3.05, 3.63) is 66.4 Å². The number of carbonyl (C=O) groups is 1. The van der Waals surface area contributed by atoms with Crippen LogP contribution in [0.5, 0.6) is 0 Å². The number of benzene rings is 1. The molecule has 0 aliphatic carbocycles. The molecule has 0 radical (unpaired) electrons. The lowest BCUT2D eigenvalue weighted by atomic mass is 10.2. The molecule has 5 nitrogen and oxygen atoms in total. The summed E-state index contributed by atoms with van der Waals surface area (Å²) < 4.78 is 13.5. The van der Waals surface area contributed by atoms with E-state index in [0.29, 0.717) is 17.9 Å². The highest BCUT2D eigenvalue weighted by Crippen LogP contribution is 2.10. The lowest BCUT2D eigenvalue weighted by Gasteiger charge is -2.07. The molecule has 1 aromatic carbocycles. The first kappa shape index (κ1) is 14.6. The van der Waals surface area contributed by atoms with Crippen molar-refractivity contribution in [3.8, 4) is 0 Å². The minimum absolute atomic E-state index is 0.239. The van der Waals surface area contributed by atoms with E-state index in [4.69, 9.17) is 0 Å². The van der Waals surface area contributed by atoms with Gasteiger partial charge < -0.3 is 10.6 Å². The molecule has 0 fully saturated rings. The maximum atomic E-state index is 13.5. The first-order chi connectivity index (χ1) is 10.2. The number of rotatable bonds is 6. The molecule has 0 aliphatic rings. The normalized spacial score (nSPS) is 9.95. The van der Waals surface area contributed by atoms with Gasteiger partial charge in [-0.25, -0.2) is 14.4 Å². The lowest BCUT2D eigenvalue weighted by molar-refractivity contribution is 0.0953. The number of amides is 1. The van der Waals surface area contributed by atoms with Crippen LogP contribution in [0.25, 0.3) is 0 Å². The van der Waals surface area contributed by atoms with Crippen LogP contribution in [0.3, 0.4) is 0 Å². The summed E-state index contributed by atoms with van der Waals surface area (Å²) in [6.07, 6.45) is 2.86. The van der Waals surface area contributed by atoms with Crippen molar-refractivity contribution in [2.24, 2.45) is 0 Å². The van der Waals surface area contributed by atoms with Gasteiger partial charge in [0, 0.05) is 24.7 Å². The van der Waals surface area contributed by atoms with Gasteiger partial charge in [0.05, 0.1) is 0 Å². The van der Waals surface area contributed by atoms with E-state index in [1.807, 2.05) is 0 Å². The fourth-order valence-electron chi connectivity index (χ4n) is 1.66. The quantitative estimate of drug-likeness (QED) is 0.798. The van der Waals surface area contributed by atoms with Crippen LogP contribution in [0.15, 0.2) is 49.3 Å². The summed E-state index contributed by atoms with van der Waals surface area (Å²) in [6, 6.07) is 7.98. The summed E-state index contributed by atoms with van der Waals surface area (Å²) in [5.74, 6) is -0.147. The number of aromatic nitrogens is 2. The molecule has 2 aromatic rings. The number of anilines is 1. The molecule has 0 atom stereocenters. The van der Waals surface area contributed by atoms with E-state index >= 15 is 0 Å². The molecular weight excluding hydrogens is 271 g/mol. The lowest BCUT2D eigenvalue weighted by Crippen LogP contribution is -2.24. The Morgan fingerprint density at radius 1 is 1.33 bits per heavy atom. The van der Waals surface area contributed by atoms with Gasteiger partial charge in [0.25, 0.3) is 5.91 Å². The fraction of sp³-hybridized carbons (Fsp3) is 0.133. The predicted octanol–water partition coefficient (Wildman–Crippen LogP) is 2.14. The molecule has 1 heterocycles. The summed E-state index contributed by atoms with van der Waals surface area (Å²) in [5, 5.41) is 5.59. The van der Waals surface area contributed by atoms with Crippen molar-refractivity contribution in [2.45, 2.75) is 6.54 Å². The van der Waals surface area contributed by atoms with Crippen molar-refractivity contribution in [1.29, 1.82) is 0 Å². The van der Waals surface area contributed by atoms with Crippen molar-refractivity contribution in [3.63, 3.8) is 0 Å². The second-order valence-corrected chi connectivity index (χ2v) is 4.23. The van der Waals surface area contributed by atoms with Crippen molar-refractivity contribution >= 4 is 11.7 Å². The zero-order valence-corrected chi connectivity index (χ0v) is 11.3. The average molecular weight is 286 g/mol. The number of halogens is 1. The molecule has 108 valence electrons. The monoisotopic (exact) mass is 286 g/mol. The third kappa shape index (κ3) is 4.10. The van der Waals surface area contributed by atoms with Crippen LogP contribution >= 0.6 is 0 Å². The van der Waals surface area contributed by atoms with Crippen molar-refractivity contribution < 1.29 is 9.18 Å². The van der Waals surface area contributed by atoms with Crippen LogP contribution in [0.4, 0.5) is 10.2 Å². The maximum Gasteiger partial charge on any atom is 0.270 e. The average Bonchev–Trinajstić information content (AvgIpc) is 2.52. The molecule has 6 heteroatoms. The van der Waals surface area contributed by atoms with Crippen molar-refractivity contribution in [1.82, 2.24) is 15.3 Å². The van der Waals surface area contributed by atoms with E-state index in [-0.39, 0.29) is 24.0 Å². The van der Waals surface area contributed by atoms with E-state index in [2.05, 4.69) is 27.2 Å². The summed E-state index contributed by atoms with van der Waals surface area (Å²) in [6.45, 7) is 4.16. The molecule has 0 saturated heterocycles. The van der Waals surface area contributed by atoms with Crippen LogP contribution in [0, 0.1) is 5.82 Å². The van der Waals surface area contributed by atoms with Crippen LogP contribution in [-0.4, -0.2) is 22.4 Å².